The van der Waals surface area contributed by atoms with Crippen molar-refractivity contribution in [3.8, 4) is 0 Å². The lowest BCUT2D eigenvalue weighted by Gasteiger charge is -2.22. The maximum Gasteiger partial charge on any atom is 0.357 e. The average molecular weight is 471 g/mol. The molecule has 1 aliphatic rings. The molecule has 4 heterocycles. The largest absolute Gasteiger partial charge is 0.468 e. The average Bonchev–Trinajstić information content (AvgIpc) is 3.51. The highest BCUT2D eigenvalue weighted by molar-refractivity contribution is 8.10. The summed E-state index contributed by atoms with van der Waals surface area (Å²) >= 11 is 0.984. The van der Waals surface area contributed by atoms with E-state index in [4.69, 9.17) is 24.0 Å². The molecule has 3 aromatic rings. The zero-order valence-electron chi connectivity index (χ0n) is 18.2. The van der Waals surface area contributed by atoms with Gasteiger partial charge in [-0.15, -0.1) is 0 Å². The molecule has 10 heteroatoms. The zero-order chi connectivity index (χ0) is 23.7. The number of anilines is 1. The van der Waals surface area contributed by atoms with Crippen LogP contribution in [0.25, 0.3) is 11.0 Å². The van der Waals surface area contributed by atoms with E-state index in [2.05, 4.69) is 0 Å². The number of esters is 2. The third-order valence-electron chi connectivity index (χ3n) is 4.77. The normalized spacial score (nSPS) is 16.2. The van der Waals surface area contributed by atoms with Gasteiger partial charge in [-0.1, -0.05) is 11.8 Å². The molecule has 172 valence electrons. The van der Waals surface area contributed by atoms with Crippen LogP contribution >= 0.6 is 11.8 Å². The topological polar surface area (TPSA) is 127 Å². The number of nitrogens with zero attached hydrogens (tertiary/aromatic N) is 1. The van der Waals surface area contributed by atoms with Gasteiger partial charge in [0.2, 0.25) is 0 Å². The second-order valence-corrected chi connectivity index (χ2v) is 8.49. The van der Waals surface area contributed by atoms with Gasteiger partial charge in [-0.05, 0) is 51.1 Å². The van der Waals surface area contributed by atoms with Crippen LogP contribution in [0, 0.1) is 0 Å². The molecular formula is C23H22N2O7S. The molecule has 0 fully saturated rings. The molecule has 1 aliphatic heterocycles. The number of furan rings is 2. The van der Waals surface area contributed by atoms with Crippen molar-refractivity contribution in [2.45, 2.75) is 32.1 Å². The number of nitrogens with two attached hydrogens (primary N) is 1. The van der Waals surface area contributed by atoms with Crippen molar-refractivity contribution in [3.05, 3.63) is 64.6 Å². The van der Waals surface area contributed by atoms with Gasteiger partial charge >= 0.3 is 11.9 Å². The minimum absolute atomic E-state index is 0.0104. The van der Waals surface area contributed by atoms with Gasteiger partial charge < -0.3 is 24.0 Å². The first-order chi connectivity index (χ1) is 15.8. The molecule has 2 N–H and O–H groups in total. The number of rotatable bonds is 6. The monoisotopic (exact) mass is 470 g/mol. The van der Waals surface area contributed by atoms with Gasteiger partial charge in [0.1, 0.15) is 21.7 Å². The second kappa shape index (κ2) is 9.07. The van der Waals surface area contributed by atoms with E-state index in [1.807, 2.05) is 0 Å². The highest BCUT2D eigenvalue weighted by Crippen LogP contribution is 2.40. The van der Waals surface area contributed by atoms with Crippen LogP contribution in [-0.4, -0.2) is 35.1 Å². The van der Waals surface area contributed by atoms with E-state index in [-0.39, 0.29) is 33.5 Å². The number of carbonyl (C=O) groups is 3. The molecule has 0 amide bonds. The van der Waals surface area contributed by atoms with Crippen LogP contribution in [0.5, 0.6) is 0 Å². The maximum atomic E-state index is 13.6. The Morgan fingerprint density at radius 2 is 1.94 bits per heavy atom. The zero-order valence-corrected chi connectivity index (χ0v) is 19.0. The number of aromatic nitrogens is 1. The summed E-state index contributed by atoms with van der Waals surface area (Å²) in [6.07, 6.45) is 4.06. The van der Waals surface area contributed by atoms with Gasteiger partial charge in [0.15, 0.2) is 5.69 Å². The third-order valence-corrected chi connectivity index (χ3v) is 6.04. The highest BCUT2D eigenvalue weighted by atomic mass is 32.2. The fourth-order valence-electron chi connectivity index (χ4n) is 3.49. The number of ether oxygens (including phenoxy) is 2. The Morgan fingerprint density at radius 3 is 2.55 bits per heavy atom. The summed E-state index contributed by atoms with van der Waals surface area (Å²) in [5.41, 5.74) is 6.20. The molecule has 3 aromatic heterocycles. The molecule has 0 spiro atoms. The number of nitrogen functional groups attached to an aromatic ring is 1. The first-order valence-electron chi connectivity index (χ1n) is 10.3. The highest BCUT2D eigenvalue weighted by Gasteiger charge is 2.39. The van der Waals surface area contributed by atoms with Crippen LogP contribution in [0.4, 0.5) is 5.69 Å². The van der Waals surface area contributed by atoms with E-state index in [1.54, 1.807) is 51.1 Å². The lowest BCUT2D eigenvalue weighted by Crippen LogP contribution is -2.43. The van der Waals surface area contributed by atoms with E-state index in [1.165, 1.54) is 12.5 Å². The molecule has 0 bridgehead atoms. The van der Waals surface area contributed by atoms with Crippen molar-refractivity contribution in [1.82, 2.24) is 4.57 Å². The van der Waals surface area contributed by atoms with Crippen LogP contribution in [0.1, 0.15) is 52.8 Å². The summed E-state index contributed by atoms with van der Waals surface area (Å²) in [6, 6.07) is 6.63. The summed E-state index contributed by atoms with van der Waals surface area (Å²) in [5, 5.41) is -0.503. The van der Waals surface area contributed by atoms with E-state index in [0.717, 1.165) is 16.3 Å². The maximum absolute atomic E-state index is 13.6. The van der Waals surface area contributed by atoms with Crippen molar-refractivity contribution in [1.29, 1.82) is 0 Å². The first kappa shape index (κ1) is 22.5. The quantitative estimate of drug-likeness (QED) is 0.540. The van der Waals surface area contributed by atoms with Crippen LogP contribution in [0.3, 0.4) is 0 Å². The molecular weight excluding hydrogens is 448 g/mol. The molecule has 1 unspecified atom stereocenters. The minimum Gasteiger partial charge on any atom is -0.468 e. The Bertz CT molecular complexity index is 1320. The Kier molecular flexibility index (Phi) is 6.19. The molecule has 4 rings (SSSR count). The fraction of sp³-hybridized carbons (Fsp3) is 0.261. The predicted octanol–water partition coefficient (Wildman–Crippen LogP) is 2.45. The van der Waals surface area contributed by atoms with E-state index in [0.29, 0.717) is 11.5 Å². The lowest BCUT2D eigenvalue weighted by molar-refractivity contribution is -0.139. The van der Waals surface area contributed by atoms with Gasteiger partial charge in [0.25, 0.3) is 5.91 Å². The molecule has 0 radical (unpaired) electrons. The fourth-order valence-corrected chi connectivity index (χ4v) is 4.64. The van der Waals surface area contributed by atoms with Crippen LogP contribution in [-0.2, 0) is 14.3 Å². The van der Waals surface area contributed by atoms with E-state index in [9.17, 15) is 14.4 Å². The third kappa shape index (κ3) is 4.09. The van der Waals surface area contributed by atoms with E-state index >= 15 is 0 Å². The van der Waals surface area contributed by atoms with Crippen LogP contribution < -0.4 is 16.3 Å². The summed E-state index contributed by atoms with van der Waals surface area (Å²) in [7, 11) is 0. The number of thioether (sulfide) groups is 1. The molecule has 1 atom stereocenters. The van der Waals surface area contributed by atoms with Gasteiger partial charge in [-0.25, -0.2) is 9.59 Å². The second-order valence-electron chi connectivity index (χ2n) is 7.37. The number of hydrogen-bond acceptors (Lipinski definition) is 9. The lowest BCUT2D eigenvalue weighted by atomic mass is 10.2. The Balaban J connectivity index is 2.10. The number of fused-ring (bicyclic) bond motifs is 1. The molecule has 0 aromatic carbocycles. The predicted molar refractivity (Wildman–Crippen MR) is 121 cm³/mol. The molecule has 9 nitrogen and oxygen atoms in total. The smallest absolute Gasteiger partial charge is 0.357 e. The van der Waals surface area contributed by atoms with E-state index < -0.39 is 29.2 Å². The van der Waals surface area contributed by atoms with Crippen molar-refractivity contribution in [2.24, 2.45) is 0 Å². The SMILES string of the molecule is CCOC(=O)c1c(N)/c(=C\c2ccco2)c2n1C(=O)C(c1ccco1)SC=2C(=O)OC(C)C. The summed E-state index contributed by atoms with van der Waals surface area (Å²) < 4.78 is 22.6. The standard InChI is InChI=1S/C23H22N2O7S/c1-4-29-22(27)18-16(24)14(11-13-7-5-9-30-13)17-20(23(28)32-12(2)3)33-19(21(26)25(17)18)15-8-6-10-31-15/h5-12,19H,4,24H2,1-3H3/b14-11+. The Morgan fingerprint density at radius 1 is 1.21 bits per heavy atom. The minimum atomic E-state index is -0.932. The summed E-state index contributed by atoms with van der Waals surface area (Å²) in [4.78, 5) is 39.7. The van der Waals surface area contributed by atoms with Crippen molar-refractivity contribution in [2.75, 3.05) is 12.3 Å². The Hall–Kier alpha value is -3.66. The van der Waals surface area contributed by atoms with Gasteiger partial charge in [-0.3, -0.25) is 9.36 Å². The molecule has 0 saturated heterocycles. The summed E-state index contributed by atoms with van der Waals surface area (Å²) in [6.45, 7) is 5.15. The number of hydrogen-bond donors (Lipinski definition) is 1. The van der Waals surface area contributed by atoms with Crippen molar-refractivity contribution in [3.63, 3.8) is 0 Å². The molecule has 33 heavy (non-hydrogen) atoms. The molecule has 0 saturated carbocycles. The number of carbonyl (C=O) groups excluding carboxylic acids is 3. The van der Waals surface area contributed by atoms with Crippen LogP contribution in [0.2, 0.25) is 0 Å². The first-order valence-corrected chi connectivity index (χ1v) is 11.1. The molecule has 0 aliphatic carbocycles. The Labute approximate surface area is 192 Å². The van der Waals surface area contributed by atoms with Crippen molar-refractivity contribution >= 4 is 46.3 Å². The van der Waals surface area contributed by atoms with Crippen LogP contribution in [0.15, 0.2) is 45.6 Å². The van der Waals surface area contributed by atoms with Gasteiger partial charge in [0, 0.05) is 5.22 Å². The van der Waals surface area contributed by atoms with Gasteiger partial charge in [0.05, 0.1) is 36.3 Å². The van der Waals surface area contributed by atoms with Crippen molar-refractivity contribution < 1.29 is 32.7 Å². The van der Waals surface area contributed by atoms with Gasteiger partial charge in [-0.2, -0.15) is 0 Å². The summed E-state index contributed by atoms with van der Waals surface area (Å²) in [5.74, 6) is -1.19.